The molecule has 11 rings (SSSR count). The maximum atomic E-state index is 5.37. The molecule has 0 spiro atoms. The lowest BCUT2D eigenvalue weighted by atomic mass is 9.79. The van der Waals surface area contributed by atoms with Crippen LogP contribution in [0.3, 0.4) is 0 Å². The molecule has 2 aliphatic carbocycles. The predicted octanol–water partition coefficient (Wildman–Crippen LogP) is 15.5. The Morgan fingerprint density at radius 1 is 0.323 bits per heavy atom. The van der Waals surface area contributed by atoms with Gasteiger partial charge in [-0.15, -0.1) is 0 Å². The Labute approximate surface area is 366 Å². The molecule has 0 fully saturated rings. The summed E-state index contributed by atoms with van der Waals surface area (Å²) >= 11 is 0. The molecule has 0 radical (unpaired) electrons. The summed E-state index contributed by atoms with van der Waals surface area (Å²) in [4.78, 5) is 16.1. The highest BCUT2D eigenvalue weighted by Gasteiger charge is 2.38. The van der Waals surface area contributed by atoms with E-state index in [9.17, 15) is 0 Å². The first kappa shape index (κ1) is 38.5. The van der Waals surface area contributed by atoms with Gasteiger partial charge < -0.3 is 0 Å². The van der Waals surface area contributed by atoms with Gasteiger partial charge in [0.2, 0.25) is 0 Å². The van der Waals surface area contributed by atoms with Crippen LogP contribution in [0.5, 0.6) is 0 Å². The molecule has 0 atom stereocenters. The normalized spacial score (nSPS) is 14.9. The third-order valence-corrected chi connectivity index (χ3v) is 14.2. The van der Waals surface area contributed by atoms with E-state index in [1.54, 1.807) is 0 Å². The van der Waals surface area contributed by atoms with Gasteiger partial charge in [0.25, 0.3) is 0 Å². The van der Waals surface area contributed by atoms with Gasteiger partial charge in [-0.3, -0.25) is 0 Å². The molecule has 0 bridgehead atoms. The van der Waals surface area contributed by atoms with Crippen LogP contribution in [0.4, 0.5) is 0 Å². The fourth-order valence-electron chi connectivity index (χ4n) is 10.5. The second kappa shape index (κ2) is 13.0. The lowest BCUT2D eigenvalue weighted by molar-refractivity contribution is 0.584. The van der Waals surface area contributed by atoms with Crippen molar-refractivity contribution in [1.82, 2.24) is 15.0 Å². The topological polar surface area (TPSA) is 38.7 Å². The Balaban J connectivity index is 1.10. The molecule has 3 heteroatoms. The summed E-state index contributed by atoms with van der Waals surface area (Å²) in [6.07, 6.45) is 0. The third-order valence-electron chi connectivity index (χ3n) is 14.2. The molecule has 0 N–H and O–H groups in total. The SMILES string of the molecule is CC(C)(C)c1ccc2c(c1)C(C)(C)c1cc(-c3nc(-c4ccc5c(c4)C(C)(C)c4cc(C(C)(C)C)ccc4-5)nc(-c4ccc5c6ccccc6c6ccccc6c5c4)n3)ccc1-2. The number of fused-ring (bicyclic) bond motifs is 12. The number of nitrogens with zero attached hydrogens (tertiary/aromatic N) is 3. The number of rotatable bonds is 3. The van der Waals surface area contributed by atoms with Gasteiger partial charge in [0.15, 0.2) is 17.5 Å². The van der Waals surface area contributed by atoms with Crippen LogP contribution >= 0.6 is 0 Å². The van der Waals surface area contributed by atoms with Crippen LogP contribution in [0.15, 0.2) is 140 Å². The highest BCUT2D eigenvalue weighted by Crippen LogP contribution is 2.52. The summed E-state index contributed by atoms with van der Waals surface area (Å²) < 4.78 is 0. The monoisotopic (exact) mass is 803 g/mol. The van der Waals surface area contributed by atoms with E-state index in [1.807, 2.05) is 0 Å². The molecule has 0 aliphatic heterocycles. The van der Waals surface area contributed by atoms with E-state index in [0.717, 1.165) is 16.7 Å². The lowest BCUT2D eigenvalue weighted by Gasteiger charge is -2.25. The number of aromatic nitrogens is 3. The van der Waals surface area contributed by atoms with Gasteiger partial charge in [-0.1, -0.05) is 191 Å². The minimum atomic E-state index is -0.184. The zero-order chi connectivity index (χ0) is 43.1. The summed E-state index contributed by atoms with van der Waals surface area (Å²) in [5.74, 6) is 2.02. The lowest BCUT2D eigenvalue weighted by Crippen LogP contribution is -2.18. The molecular formula is C59H53N3. The molecule has 1 aromatic heterocycles. The fraction of sp³-hybridized carbons (Fsp3) is 0.237. The van der Waals surface area contributed by atoms with Crippen molar-refractivity contribution in [2.75, 3.05) is 0 Å². The molecule has 3 nitrogen and oxygen atoms in total. The molecule has 9 aromatic rings. The van der Waals surface area contributed by atoms with Crippen LogP contribution in [0, 0.1) is 0 Å². The maximum absolute atomic E-state index is 5.37. The van der Waals surface area contributed by atoms with Crippen molar-refractivity contribution < 1.29 is 0 Å². The minimum absolute atomic E-state index is 0.0653. The third kappa shape index (κ3) is 5.74. The standard InChI is InChI=1S/C59H53N3/c1-56(2,3)37-22-27-46-44-25-20-35(30-49(44)58(7,8)51(46)32-37)54-60-53(34-19-24-43-41-17-12-11-15-39(41)40-16-13-14-18-42(40)48(43)29-34)61-55(62-54)36-21-26-45-47-28-23-38(57(4,5)6)33-52(47)59(9,10)50(45)31-36/h11-33H,1-10H3. The quantitative estimate of drug-likeness (QED) is 0.167. The van der Waals surface area contributed by atoms with Crippen molar-refractivity contribution in [3.05, 3.63) is 173 Å². The number of benzene rings is 8. The van der Waals surface area contributed by atoms with Crippen LogP contribution in [-0.2, 0) is 21.7 Å². The first-order chi connectivity index (χ1) is 29.5. The minimum Gasteiger partial charge on any atom is -0.208 e. The Morgan fingerprint density at radius 3 is 1.02 bits per heavy atom. The Kier molecular flexibility index (Phi) is 8.09. The zero-order valence-electron chi connectivity index (χ0n) is 37.6. The second-order valence-electron chi connectivity index (χ2n) is 20.9. The van der Waals surface area contributed by atoms with Crippen LogP contribution < -0.4 is 0 Å². The van der Waals surface area contributed by atoms with Gasteiger partial charge in [0.05, 0.1) is 0 Å². The van der Waals surface area contributed by atoms with Crippen molar-refractivity contribution in [1.29, 1.82) is 0 Å². The van der Waals surface area contributed by atoms with E-state index in [2.05, 4.69) is 209 Å². The molecule has 0 saturated heterocycles. The van der Waals surface area contributed by atoms with Gasteiger partial charge in [0.1, 0.15) is 0 Å². The van der Waals surface area contributed by atoms with E-state index >= 15 is 0 Å². The molecule has 62 heavy (non-hydrogen) atoms. The van der Waals surface area contributed by atoms with Crippen LogP contribution in [0.2, 0.25) is 0 Å². The Morgan fingerprint density at radius 2 is 0.629 bits per heavy atom. The first-order valence-corrected chi connectivity index (χ1v) is 22.2. The van der Waals surface area contributed by atoms with E-state index < -0.39 is 0 Å². The summed E-state index contributed by atoms with van der Waals surface area (Å²) in [5, 5.41) is 7.40. The van der Waals surface area contributed by atoms with Crippen LogP contribution in [0.25, 0.3) is 88.7 Å². The highest BCUT2D eigenvalue weighted by atomic mass is 15.0. The highest BCUT2D eigenvalue weighted by molar-refractivity contribution is 6.25. The molecule has 304 valence electrons. The summed E-state index contributed by atoms with van der Waals surface area (Å²) in [6.45, 7) is 23.2. The Bertz CT molecular complexity index is 3190. The van der Waals surface area contributed by atoms with Gasteiger partial charge >= 0.3 is 0 Å². The number of hydrogen-bond donors (Lipinski definition) is 0. The van der Waals surface area contributed by atoms with Gasteiger partial charge in [-0.05, 0) is 117 Å². The predicted molar refractivity (Wildman–Crippen MR) is 261 cm³/mol. The van der Waals surface area contributed by atoms with Crippen molar-refractivity contribution in [3.8, 4) is 56.4 Å². The molecule has 0 unspecified atom stereocenters. The fourth-order valence-corrected chi connectivity index (χ4v) is 10.5. The Hall–Kier alpha value is -6.45. The molecule has 8 aromatic carbocycles. The van der Waals surface area contributed by atoms with E-state index in [0.29, 0.717) is 17.5 Å². The molecular weight excluding hydrogens is 751 g/mol. The average molecular weight is 804 g/mol. The van der Waals surface area contributed by atoms with E-state index in [4.69, 9.17) is 15.0 Å². The van der Waals surface area contributed by atoms with Crippen molar-refractivity contribution in [2.24, 2.45) is 0 Å². The van der Waals surface area contributed by atoms with Gasteiger partial charge in [-0.25, -0.2) is 15.0 Å². The smallest absolute Gasteiger partial charge is 0.164 e. The average Bonchev–Trinajstić information content (AvgIpc) is 3.63. The number of hydrogen-bond acceptors (Lipinski definition) is 3. The van der Waals surface area contributed by atoms with Crippen molar-refractivity contribution in [3.63, 3.8) is 0 Å². The molecule has 0 saturated carbocycles. The van der Waals surface area contributed by atoms with E-state index in [-0.39, 0.29) is 21.7 Å². The van der Waals surface area contributed by atoms with E-state index in [1.165, 1.54) is 88.0 Å². The molecule has 1 heterocycles. The van der Waals surface area contributed by atoms with Crippen molar-refractivity contribution in [2.45, 2.75) is 90.9 Å². The van der Waals surface area contributed by atoms with Gasteiger partial charge in [-0.2, -0.15) is 0 Å². The summed E-state index contributed by atoms with van der Waals surface area (Å²) in [5.41, 5.74) is 16.0. The largest absolute Gasteiger partial charge is 0.208 e. The summed E-state index contributed by atoms with van der Waals surface area (Å²) in [7, 11) is 0. The van der Waals surface area contributed by atoms with Gasteiger partial charge in [0, 0.05) is 27.5 Å². The summed E-state index contributed by atoms with van der Waals surface area (Å²) in [6, 6.07) is 52.0. The molecule has 0 amide bonds. The van der Waals surface area contributed by atoms with Crippen LogP contribution in [-0.4, -0.2) is 15.0 Å². The maximum Gasteiger partial charge on any atom is 0.164 e. The first-order valence-electron chi connectivity index (χ1n) is 22.2. The zero-order valence-corrected chi connectivity index (χ0v) is 37.6. The second-order valence-corrected chi connectivity index (χ2v) is 20.9. The van der Waals surface area contributed by atoms with Crippen LogP contribution in [0.1, 0.15) is 103 Å². The van der Waals surface area contributed by atoms with Crippen molar-refractivity contribution >= 4 is 32.3 Å². The molecule has 2 aliphatic rings.